The van der Waals surface area contributed by atoms with Gasteiger partial charge in [0.2, 0.25) is 0 Å². The summed E-state index contributed by atoms with van der Waals surface area (Å²) in [7, 11) is 0. The Hall–Kier alpha value is -1.64. The number of aliphatic hydroxyl groups excluding tert-OH is 2. The molecule has 0 aliphatic carbocycles. The van der Waals surface area contributed by atoms with Gasteiger partial charge in [0, 0.05) is 11.6 Å². The number of nitrogens with zero attached hydrogens (tertiary/aromatic N) is 1. The van der Waals surface area contributed by atoms with Crippen LogP contribution in [0, 0.1) is 11.3 Å². The molecular weight excluding hydrogens is 198 g/mol. The highest BCUT2D eigenvalue weighted by atomic mass is 16.4. The SMILES string of the molecule is C=C(CCC(O)CO)C(=O)O.C=CC#N. The van der Waals surface area contributed by atoms with Crippen molar-refractivity contribution in [3.8, 4) is 6.07 Å². The lowest BCUT2D eigenvalue weighted by Gasteiger charge is -2.05. The Labute approximate surface area is 88.6 Å². The van der Waals surface area contributed by atoms with Crippen molar-refractivity contribution in [1.29, 1.82) is 5.26 Å². The lowest BCUT2D eigenvalue weighted by Crippen LogP contribution is -2.12. The maximum Gasteiger partial charge on any atom is 0.330 e. The summed E-state index contributed by atoms with van der Waals surface area (Å²) in [5.41, 5.74) is 0.0532. The summed E-state index contributed by atoms with van der Waals surface area (Å²) < 4.78 is 0. The zero-order valence-electron chi connectivity index (χ0n) is 8.39. The summed E-state index contributed by atoms with van der Waals surface area (Å²) in [5.74, 6) is -1.06. The van der Waals surface area contributed by atoms with E-state index in [1.807, 2.05) is 0 Å². The van der Waals surface area contributed by atoms with Crippen molar-refractivity contribution in [2.75, 3.05) is 6.61 Å². The number of aliphatic hydroxyl groups is 2. The molecule has 0 saturated carbocycles. The minimum Gasteiger partial charge on any atom is -0.478 e. The monoisotopic (exact) mass is 213 g/mol. The van der Waals surface area contributed by atoms with Crippen molar-refractivity contribution in [2.45, 2.75) is 18.9 Å². The largest absolute Gasteiger partial charge is 0.478 e. The predicted octanol–water partition coefficient (Wildman–Crippen LogP) is 0.457. The maximum atomic E-state index is 10.2. The molecule has 0 heterocycles. The molecule has 5 nitrogen and oxygen atoms in total. The van der Waals surface area contributed by atoms with Gasteiger partial charge < -0.3 is 15.3 Å². The third-order valence-electron chi connectivity index (χ3n) is 1.38. The molecule has 1 atom stereocenters. The van der Waals surface area contributed by atoms with Crippen molar-refractivity contribution < 1.29 is 20.1 Å². The van der Waals surface area contributed by atoms with E-state index in [0.717, 1.165) is 0 Å². The highest BCUT2D eigenvalue weighted by molar-refractivity contribution is 5.85. The normalized spacial score (nSPS) is 10.2. The molecule has 15 heavy (non-hydrogen) atoms. The van der Waals surface area contributed by atoms with Crippen LogP contribution in [0.5, 0.6) is 0 Å². The number of carbonyl (C=O) groups is 1. The molecule has 0 aromatic rings. The predicted molar refractivity (Wildman–Crippen MR) is 54.9 cm³/mol. The minimum absolute atomic E-state index is 0.0532. The van der Waals surface area contributed by atoms with Crippen LogP contribution in [0.3, 0.4) is 0 Å². The fourth-order valence-corrected chi connectivity index (χ4v) is 0.539. The van der Waals surface area contributed by atoms with Gasteiger partial charge in [-0.05, 0) is 12.8 Å². The first-order valence-electron chi connectivity index (χ1n) is 4.20. The first-order valence-corrected chi connectivity index (χ1v) is 4.20. The lowest BCUT2D eigenvalue weighted by molar-refractivity contribution is -0.132. The Kier molecular flexibility index (Phi) is 11.0. The molecule has 5 heteroatoms. The number of hydrogen-bond acceptors (Lipinski definition) is 4. The van der Waals surface area contributed by atoms with Crippen molar-refractivity contribution in [2.24, 2.45) is 0 Å². The fraction of sp³-hybridized carbons (Fsp3) is 0.400. The number of aliphatic carboxylic acids is 1. The zero-order valence-corrected chi connectivity index (χ0v) is 8.39. The molecule has 0 spiro atoms. The molecule has 0 amide bonds. The average Bonchev–Trinajstić information content (AvgIpc) is 2.25. The molecule has 1 unspecified atom stereocenters. The summed E-state index contributed by atoms with van der Waals surface area (Å²) >= 11 is 0. The fourth-order valence-electron chi connectivity index (χ4n) is 0.539. The molecule has 0 radical (unpaired) electrons. The van der Waals surface area contributed by atoms with Gasteiger partial charge in [-0.3, -0.25) is 0 Å². The second-order valence-electron chi connectivity index (χ2n) is 2.62. The number of carboxylic acid groups (broad SMARTS) is 1. The van der Waals surface area contributed by atoms with Gasteiger partial charge in [-0.25, -0.2) is 4.79 Å². The number of carboxylic acids is 1. The van der Waals surface area contributed by atoms with Crippen LogP contribution >= 0.6 is 0 Å². The Morgan fingerprint density at radius 2 is 2.07 bits per heavy atom. The quantitative estimate of drug-likeness (QED) is 0.454. The van der Waals surface area contributed by atoms with Gasteiger partial charge in [0.1, 0.15) is 0 Å². The highest BCUT2D eigenvalue weighted by Gasteiger charge is 2.07. The van der Waals surface area contributed by atoms with Crippen LogP contribution in [0.1, 0.15) is 12.8 Å². The summed E-state index contributed by atoms with van der Waals surface area (Å²) in [6, 6.07) is 1.69. The molecule has 0 rings (SSSR count). The van der Waals surface area contributed by atoms with Gasteiger partial charge in [-0.2, -0.15) is 5.26 Å². The summed E-state index contributed by atoms with van der Waals surface area (Å²) in [6.45, 7) is 6.05. The Balaban J connectivity index is 0. The molecule has 0 aliphatic heterocycles. The van der Waals surface area contributed by atoms with Gasteiger partial charge in [0.05, 0.1) is 18.8 Å². The lowest BCUT2D eigenvalue weighted by atomic mass is 10.1. The molecule has 0 fully saturated rings. The van der Waals surface area contributed by atoms with Crippen LogP contribution in [0.2, 0.25) is 0 Å². The average molecular weight is 213 g/mol. The molecule has 0 bridgehead atoms. The first-order chi connectivity index (χ1) is 6.99. The van der Waals surface area contributed by atoms with E-state index in [0.29, 0.717) is 0 Å². The van der Waals surface area contributed by atoms with Crippen molar-refractivity contribution >= 4 is 5.97 Å². The van der Waals surface area contributed by atoms with Gasteiger partial charge in [-0.1, -0.05) is 13.2 Å². The van der Waals surface area contributed by atoms with Gasteiger partial charge in [0.25, 0.3) is 0 Å². The first kappa shape index (κ1) is 15.8. The van der Waals surface area contributed by atoms with Crippen LogP contribution in [-0.4, -0.2) is 34.0 Å². The summed E-state index contributed by atoms with van der Waals surface area (Å²) in [4.78, 5) is 10.2. The van der Waals surface area contributed by atoms with E-state index >= 15 is 0 Å². The van der Waals surface area contributed by atoms with Crippen LogP contribution in [0.25, 0.3) is 0 Å². The van der Waals surface area contributed by atoms with Crippen LogP contribution in [0.15, 0.2) is 24.8 Å². The van der Waals surface area contributed by atoms with Gasteiger partial charge in [0.15, 0.2) is 0 Å². The number of nitriles is 1. The maximum absolute atomic E-state index is 10.2. The van der Waals surface area contributed by atoms with E-state index in [4.69, 9.17) is 20.6 Å². The Bertz CT molecular complexity index is 255. The van der Waals surface area contributed by atoms with E-state index < -0.39 is 12.1 Å². The van der Waals surface area contributed by atoms with Crippen LogP contribution in [0.4, 0.5) is 0 Å². The van der Waals surface area contributed by atoms with Crippen molar-refractivity contribution in [3.63, 3.8) is 0 Å². The van der Waals surface area contributed by atoms with E-state index in [-0.39, 0.29) is 25.0 Å². The summed E-state index contributed by atoms with van der Waals surface area (Å²) in [5, 5.41) is 33.0. The Morgan fingerprint density at radius 3 is 2.33 bits per heavy atom. The highest BCUT2D eigenvalue weighted by Crippen LogP contribution is 2.04. The van der Waals surface area contributed by atoms with E-state index in [2.05, 4.69) is 13.2 Å². The zero-order chi connectivity index (χ0) is 12.3. The molecule has 0 saturated heterocycles. The van der Waals surface area contributed by atoms with E-state index in [1.165, 1.54) is 6.08 Å². The molecule has 0 aromatic heterocycles. The second kappa shape index (κ2) is 10.4. The van der Waals surface area contributed by atoms with E-state index in [9.17, 15) is 4.79 Å². The van der Waals surface area contributed by atoms with Gasteiger partial charge in [-0.15, -0.1) is 0 Å². The Morgan fingerprint density at radius 1 is 1.60 bits per heavy atom. The van der Waals surface area contributed by atoms with E-state index in [1.54, 1.807) is 6.07 Å². The molecule has 3 N–H and O–H groups in total. The molecule has 84 valence electrons. The third kappa shape index (κ3) is 12.4. The van der Waals surface area contributed by atoms with Gasteiger partial charge >= 0.3 is 5.97 Å². The number of allylic oxidation sites excluding steroid dienone is 1. The molecular formula is C10H15NO4. The van der Waals surface area contributed by atoms with Crippen LogP contribution < -0.4 is 0 Å². The third-order valence-corrected chi connectivity index (χ3v) is 1.38. The summed E-state index contributed by atoms with van der Waals surface area (Å²) in [6.07, 6.45) is 0.782. The minimum atomic E-state index is -1.06. The topological polar surface area (TPSA) is 102 Å². The molecule has 0 aliphatic rings. The van der Waals surface area contributed by atoms with Crippen molar-refractivity contribution in [1.82, 2.24) is 0 Å². The van der Waals surface area contributed by atoms with Crippen molar-refractivity contribution in [3.05, 3.63) is 24.8 Å². The smallest absolute Gasteiger partial charge is 0.330 e. The van der Waals surface area contributed by atoms with Crippen LogP contribution in [-0.2, 0) is 4.79 Å². The number of hydrogen-bond donors (Lipinski definition) is 3. The molecule has 0 aromatic carbocycles. The standard InChI is InChI=1S/C7H12O4.C3H3N/c1-5(7(10)11)2-3-6(9)4-8;1-2-3-4/h6,8-9H,1-4H2,(H,10,11);2H,1H2. The second-order valence-corrected chi connectivity index (χ2v) is 2.62. The number of rotatable bonds is 5.